The molecule has 0 unspecified atom stereocenters. The molecule has 4 aromatic rings. The molecule has 5 nitrogen and oxygen atoms in total. The normalized spacial score (nSPS) is 14.1. The maximum atomic E-state index is 14.4. The van der Waals surface area contributed by atoms with Crippen molar-refractivity contribution in [3.63, 3.8) is 0 Å². The van der Waals surface area contributed by atoms with Gasteiger partial charge in [-0.15, -0.1) is 0 Å². The third kappa shape index (κ3) is 2.88. The number of hydrogen-bond acceptors (Lipinski definition) is 2. The fourth-order valence-electron chi connectivity index (χ4n) is 4.04. The molecular weight excluding hydrogens is 374 g/mol. The Balaban J connectivity index is 1.58. The molecule has 148 valence electrons. The van der Waals surface area contributed by atoms with Crippen molar-refractivity contribution >= 4 is 11.0 Å². The van der Waals surface area contributed by atoms with Crippen LogP contribution in [0.15, 0.2) is 47.5 Å². The molecule has 1 aliphatic rings. The minimum atomic E-state index is -0.479. The Bertz CT molecular complexity index is 1310. The van der Waals surface area contributed by atoms with Crippen molar-refractivity contribution in [3.8, 4) is 11.3 Å². The molecule has 1 aliphatic carbocycles. The van der Waals surface area contributed by atoms with Crippen LogP contribution >= 0.6 is 0 Å². The smallest absolute Gasteiger partial charge is 0.328 e. The first-order chi connectivity index (χ1) is 13.9. The molecule has 5 rings (SSSR count). The number of fused-ring (bicyclic) bond motifs is 1. The maximum Gasteiger partial charge on any atom is 0.328 e. The van der Waals surface area contributed by atoms with E-state index in [2.05, 4.69) is 4.98 Å². The van der Waals surface area contributed by atoms with Gasteiger partial charge in [-0.2, -0.15) is 0 Å². The molecule has 2 heterocycles. The highest BCUT2D eigenvalue weighted by Gasteiger charge is 2.31. The molecule has 1 saturated carbocycles. The summed E-state index contributed by atoms with van der Waals surface area (Å²) in [6.45, 7) is 0.550. The van der Waals surface area contributed by atoms with Gasteiger partial charge in [-0.25, -0.2) is 18.6 Å². The van der Waals surface area contributed by atoms with E-state index in [0.29, 0.717) is 18.2 Å². The summed E-state index contributed by atoms with van der Waals surface area (Å²) in [6, 6.07) is 9.39. The number of aryl methyl sites for hydroxylation is 2. The molecule has 0 radical (unpaired) electrons. The van der Waals surface area contributed by atoms with Gasteiger partial charge in [0.1, 0.15) is 11.6 Å². The van der Waals surface area contributed by atoms with Gasteiger partial charge in [-0.05, 0) is 48.7 Å². The van der Waals surface area contributed by atoms with E-state index in [1.165, 1.54) is 6.07 Å². The minimum absolute atomic E-state index is 0.0673. The Morgan fingerprint density at radius 1 is 1.03 bits per heavy atom. The first-order valence-electron chi connectivity index (χ1n) is 9.59. The summed E-state index contributed by atoms with van der Waals surface area (Å²) in [5.41, 5.74) is 4.34. The van der Waals surface area contributed by atoms with E-state index in [4.69, 9.17) is 0 Å². The topological polar surface area (TPSA) is 44.8 Å². The quantitative estimate of drug-likeness (QED) is 0.526. The third-order valence-electron chi connectivity index (χ3n) is 5.72. The SMILES string of the molecule is Cn1c(=O)n(C)c2cc(Cn3cnc(-c4cc(F)ccc4F)c3C3CC3)ccc21. The maximum absolute atomic E-state index is 14.4. The largest absolute Gasteiger partial charge is 0.329 e. The van der Waals surface area contributed by atoms with Crippen LogP contribution in [-0.4, -0.2) is 18.7 Å². The van der Waals surface area contributed by atoms with Crippen LogP contribution in [-0.2, 0) is 20.6 Å². The van der Waals surface area contributed by atoms with Crippen molar-refractivity contribution in [2.45, 2.75) is 25.3 Å². The molecule has 2 aromatic heterocycles. The Labute approximate surface area is 165 Å². The average molecular weight is 394 g/mol. The first kappa shape index (κ1) is 17.8. The molecule has 0 aliphatic heterocycles. The minimum Gasteiger partial charge on any atom is -0.329 e. The second kappa shape index (κ2) is 6.40. The van der Waals surface area contributed by atoms with Crippen molar-refractivity contribution in [2.24, 2.45) is 14.1 Å². The van der Waals surface area contributed by atoms with Gasteiger partial charge < -0.3 is 4.57 Å². The summed E-state index contributed by atoms with van der Waals surface area (Å²) >= 11 is 0. The lowest BCUT2D eigenvalue weighted by atomic mass is 10.1. The first-order valence-corrected chi connectivity index (χ1v) is 9.59. The highest BCUT2D eigenvalue weighted by molar-refractivity contribution is 5.76. The van der Waals surface area contributed by atoms with Gasteiger partial charge in [-0.1, -0.05) is 6.07 Å². The lowest BCUT2D eigenvalue weighted by Crippen LogP contribution is -2.19. The zero-order chi connectivity index (χ0) is 20.3. The lowest BCUT2D eigenvalue weighted by molar-refractivity contribution is 0.602. The molecule has 29 heavy (non-hydrogen) atoms. The van der Waals surface area contributed by atoms with E-state index >= 15 is 0 Å². The van der Waals surface area contributed by atoms with Gasteiger partial charge in [0.2, 0.25) is 0 Å². The van der Waals surface area contributed by atoms with Crippen molar-refractivity contribution < 1.29 is 8.78 Å². The Morgan fingerprint density at radius 2 is 1.79 bits per heavy atom. The van der Waals surface area contributed by atoms with Crippen LogP contribution in [0.1, 0.15) is 30.0 Å². The van der Waals surface area contributed by atoms with Crippen LogP contribution in [0.2, 0.25) is 0 Å². The van der Waals surface area contributed by atoms with Gasteiger partial charge in [-0.3, -0.25) is 9.13 Å². The Kier molecular flexibility index (Phi) is 3.94. The summed E-state index contributed by atoms with van der Waals surface area (Å²) in [5, 5.41) is 0. The fourth-order valence-corrected chi connectivity index (χ4v) is 4.04. The summed E-state index contributed by atoms with van der Waals surface area (Å²) in [6.07, 6.45) is 3.73. The zero-order valence-corrected chi connectivity index (χ0v) is 16.2. The molecule has 0 spiro atoms. The fraction of sp³-hybridized carbons (Fsp3) is 0.273. The number of rotatable bonds is 4. The summed E-state index contributed by atoms with van der Waals surface area (Å²) in [7, 11) is 3.51. The van der Waals surface area contributed by atoms with Gasteiger partial charge in [0.15, 0.2) is 0 Å². The summed E-state index contributed by atoms with van der Waals surface area (Å²) in [4.78, 5) is 16.6. The van der Waals surface area contributed by atoms with Crippen molar-refractivity contribution in [3.05, 3.63) is 76.1 Å². The molecule has 7 heteroatoms. The number of aromatic nitrogens is 4. The number of hydrogen-bond donors (Lipinski definition) is 0. The van der Waals surface area contributed by atoms with Gasteiger partial charge in [0, 0.05) is 37.8 Å². The molecule has 0 N–H and O–H groups in total. The molecule has 0 bridgehead atoms. The predicted octanol–water partition coefficient (Wildman–Crippen LogP) is 3.94. The number of halogens is 2. The Morgan fingerprint density at radius 3 is 2.55 bits per heavy atom. The van der Waals surface area contributed by atoms with E-state index in [-0.39, 0.29) is 11.3 Å². The van der Waals surface area contributed by atoms with Crippen LogP contribution in [0.5, 0.6) is 0 Å². The number of benzene rings is 2. The highest BCUT2D eigenvalue weighted by Crippen LogP contribution is 2.44. The number of imidazole rings is 2. The average Bonchev–Trinajstić information content (AvgIpc) is 3.44. The molecule has 0 amide bonds. The van der Waals surface area contributed by atoms with Crippen LogP contribution < -0.4 is 5.69 Å². The van der Waals surface area contributed by atoms with Crippen molar-refractivity contribution in [2.75, 3.05) is 0 Å². The van der Waals surface area contributed by atoms with Crippen LogP contribution in [0.4, 0.5) is 8.78 Å². The van der Waals surface area contributed by atoms with E-state index < -0.39 is 11.6 Å². The van der Waals surface area contributed by atoms with Crippen molar-refractivity contribution in [1.29, 1.82) is 0 Å². The molecule has 0 saturated heterocycles. The van der Waals surface area contributed by atoms with E-state index in [1.54, 1.807) is 29.6 Å². The van der Waals surface area contributed by atoms with Gasteiger partial charge in [0.05, 0.1) is 23.1 Å². The highest BCUT2D eigenvalue weighted by atomic mass is 19.1. The van der Waals surface area contributed by atoms with Crippen LogP contribution in [0, 0.1) is 11.6 Å². The van der Waals surface area contributed by atoms with Gasteiger partial charge in [0.25, 0.3) is 0 Å². The predicted molar refractivity (Wildman–Crippen MR) is 107 cm³/mol. The van der Waals surface area contributed by atoms with E-state index in [9.17, 15) is 13.6 Å². The van der Waals surface area contributed by atoms with Crippen molar-refractivity contribution in [1.82, 2.24) is 18.7 Å². The summed E-state index contributed by atoms with van der Waals surface area (Å²) < 4.78 is 33.4. The molecule has 2 aromatic carbocycles. The van der Waals surface area contributed by atoms with E-state index in [0.717, 1.165) is 47.3 Å². The molecule has 1 fully saturated rings. The molecule has 0 atom stereocenters. The lowest BCUT2D eigenvalue weighted by Gasteiger charge is -2.11. The van der Waals surface area contributed by atoms with E-state index in [1.807, 2.05) is 22.8 Å². The molecular formula is C22H20F2N4O. The Hall–Kier alpha value is -3.22. The van der Waals surface area contributed by atoms with Gasteiger partial charge >= 0.3 is 5.69 Å². The zero-order valence-electron chi connectivity index (χ0n) is 16.2. The summed E-state index contributed by atoms with van der Waals surface area (Å²) in [5.74, 6) is -0.646. The van der Waals surface area contributed by atoms with Crippen LogP contribution in [0.3, 0.4) is 0 Å². The standard InChI is InChI=1S/C22H20F2N4O/c1-26-18-8-3-13(9-19(18)27(2)22(26)29)11-28-12-25-20(21(28)14-4-5-14)16-10-15(23)6-7-17(16)24/h3,6-10,12,14H,4-5,11H2,1-2H3. The monoisotopic (exact) mass is 394 g/mol. The second-order valence-corrected chi connectivity index (χ2v) is 7.73. The third-order valence-corrected chi connectivity index (χ3v) is 5.72. The second-order valence-electron chi connectivity index (χ2n) is 7.73. The van der Waals surface area contributed by atoms with Crippen LogP contribution in [0.25, 0.3) is 22.3 Å². The number of nitrogens with zero attached hydrogens (tertiary/aromatic N) is 4.